The Morgan fingerprint density at radius 3 is 2.73 bits per heavy atom. The van der Waals surface area contributed by atoms with Gasteiger partial charge in [0.2, 0.25) is 11.8 Å². The number of carbonyl (C=O) groups is 1. The van der Waals surface area contributed by atoms with Crippen LogP contribution in [0.4, 0.5) is 11.4 Å². The highest BCUT2D eigenvalue weighted by Crippen LogP contribution is 2.40. The number of benzene rings is 1. The molecule has 0 unspecified atom stereocenters. The number of likely N-dealkylation sites (N-methyl/N-ethyl adjacent to an activating group) is 1. The zero-order valence-corrected chi connectivity index (χ0v) is 25.7. The van der Waals surface area contributed by atoms with Gasteiger partial charge in [0.15, 0.2) is 0 Å². The number of fused-ring (bicyclic) bond motifs is 2. The molecule has 2 saturated heterocycles. The van der Waals surface area contributed by atoms with Crippen LogP contribution >= 0.6 is 0 Å². The maximum atomic E-state index is 13.2. The number of nitrogens with zero attached hydrogens (tertiary/aromatic N) is 7. The zero-order chi connectivity index (χ0) is 30.2. The zero-order valence-electron chi connectivity index (χ0n) is 25.7. The second-order valence-corrected chi connectivity index (χ2v) is 12.5. The largest absolute Gasteiger partial charge is 0.475 e. The third-order valence-electron chi connectivity index (χ3n) is 9.82. The number of pyridine rings is 1. The van der Waals surface area contributed by atoms with E-state index in [2.05, 4.69) is 62.4 Å². The van der Waals surface area contributed by atoms with Crippen molar-refractivity contribution in [3.05, 3.63) is 52.4 Å². The highest BCUT2D eigenvalue weighted by Gasteiger charge is 2.33. The van der Waals surface area contributed by atoms with Gasteiger partial charge in [-0.05, 0) is 64.4 Å². The summed E-state index contributed by atoms with van der Waals surface area (Å²) in [5, 5.41) is 22.3. The quantitative estimate of drug-likeness (QED) is 0.444. The lowest BCUT2D eigenvalue weighted by Gasteiger charge is -2.40. The van der Waals surface area contributed by atoms with Gasteiger partial charge in [-0.15, -0.1) is 0 Å². The van der Waals surface area contributed by atoms with Gasteiger partial charge in [0, 0.05) is 61.8 Å². The lowest BCUT2D eigenvalue weighted by atomic mass is 9.96. The molecule has 6 heterocycles. The number of aromatic amines is 1. The van der Waals surface area contributed by atoms with Gasteiger partial charge in [0.25, 0.3) is 0 Å². The SMILES string of the molecule is Cc1ccc2[nH]ncc2c1N1CCc2c(nc(OC[C@@H]3CCCN3C)c(C#N)c2N2CCN(C(=O)C3=CCNCC3)CC2)C1. The summed E-state index contributed by atoms with van der Waals surface area (Å²) in [5.74, 6) is 0.576. The Hall–Kier alpha value is -4.14. The van der Waals surface area contributed by atoms with Crippen LogP contribution in [-0.2, 0) is 17.8 Å². The molecule has 0 saturated carbocycles. The maximum Gasteiger partial charge on any atom is 0.249 e. The molecule has 0 aliphatic carbocycles. The average molecular weight is 596 g/mol. The van der Waals surface area contributed by atoms with E-state index in [-0.39, 0.29) is 5.91 Å². The molecule has 2 fully saturated rings. The number of carbonyl (C=O) groups excluding carboxylic acids is 1. The molecule has 2 aromatic heterocycles. The topological polar surface area (TPSA) is 117 Å². The minimum Gasteiger partial charge on any atom is -0.475 e. The number of ether oxygens (including phenoxy) is 1. The number of piperazine rings is 1. The van der Waals surface area contributed by atoms with Crippen LogP contribution in [0.1, 0.15) is 41.6 Å². The number of amides is 1. The van der Waals surface area contributed by atoms with Crippen LogP contribution in [0.25, 0.3) is 10.9 Å². The second kappa shape index (κ2) is 12.1. The molecular weight excluding hydrogens is 554 g/mol. The Morgan fingerprint density at radius 2 is 1.98 bits per heavy atom. The predicted molar refractivity (Wildman–Crippen MR) is 170 cm³/mol. The lowest BCUT2D eigenvalue weighted by molar-refractivity contribution is -0.127. The van der Waals surface area contributed by atoms with Crippen LogP contribution in [0.2, 0.25) is 0 Å². The lowest BCUT2D eigenvalue weighted by Crippen LogP contribution is -2.50. The van der Waals surface area contributed by atoms with Crippen LogP contribution in [0.5, 0.6) is 5.88 Å². The van der Waals surface area contributed by atoms with Gasteiger partial charge in [-0.2, -0.15) is 10.4 Å². The van der Waals surface area contributed by atoms with Gasteiger partial charge in [-0.1, -0.05) is 12.1 Å². The number of aryl methyl sites for hydroxylation is 1. The molecule has 1 atom stereocenters. The van der Waals surface area contributed by atoms with Gasteiger partial charge >= 0.3 is 0 Å². The summed E-state index contributed by atoms with van der Waals surface area (Å²) in [6.45, 7) is 9.34. The van der Waals surface area contributed by atoms with E-state index >= 15 is 0 Å². The third kappa shape index (κ3) is 5.26. The van der Waals surface area contributed by atoms with Crippen molar-refractivity contribution in [1.29, 1.82) is 5.26 Å². The first-order valence-corrected chi connectivity index (χ1v) is 15.9. The normalized spacial score (nSPS) is 20.9. The highest BCUT2D eigenvalue weighted by atomic mass is 16.5. The molecule has 11 heteroatoms. The van der Waals surface area contributed by atoms with Crippen LogP contribution in [0.3, 0.4) is 0 Å². The molecule has 0 spiro atoms. The van der Waals surface area contributed by atoms with Crippen molar-refractivity contribution >= 4 is 28.2 Å². The average Bonchev–Trinajstić information content (AvgIpc) is 3.71. The minimum atomic E-state index is 0.146. The summed E-state index contributed by atoms with van der Waals surface area (Å²) in [4.78, 5) is 27.3. The van der Waals surface area contributed by atoms with Gasteiger partial charge in [0.05, 0.1) is 35.3 Å². The van der Waals surface area contributed by atoms with Crippen molar-refractivity contribution in [2.45, 2.75) is 45.2 Å². The van der Waals surface area contributed by atoms with E-state index in [1.165, 1.54) is 11.3 Å². The molecule has 4 aliphatic heterocycles. The number of likely N-dealkylation sites (tertiary alicyclic amines) is 1. The standard InChI is InChI=1S/C33H41N9O2/c1-22-5-6-28-27(19-36-38-28)30(22)42-13-9-25-29(20-42)37-32(44-21-24-4-3-12-39(24)2)26(18-34)31(25)40-14-16-41(17-15-40)33(43)23-7-10-35-11-8-23/h5-7,19,24,35H,3-4,8-17,20-21H2,1-2H3,(H,36,38)/t24-/m0/s1. The van der Waals surface area contributed by atoms with Gasteiger partial charge < -0.3 is 29.7 Å². The minimum absolute atomic E-state index is 0.146. The fourth-order valence-electron chi connectivity index (χ4n) is 7.33. The molecule has 2 N–H and O–H groups in total. The fourth-order valence-corrected chi connectivity index (χ4v) is 7.33. The Kier molecular flexibility index (Phi) is 7.87. The number of hydrogen-bond donors (Lipinski definition) is 2. The van der Waals surface area contributed by atoms with Crippen LogP contribution in [-0.4, -0.2) is 103 Å². The molecular formula is C33H41N9O2. The molecule has 230 valence electrons. The molecule has 3 aromatic rings. The summed E-state index contributed by atoms with van der Waals surface area (Å²) >= 11 is 0. The summed E-state index contributed by atoms with van der Waals surface area (Å²) in [6.07, 6.45) is 7.70. The number of hydrogen-bond acceptors (Lipinski definition) is 9. The summed E-state index contributed by atoms with van der Waals surface area (Å²) in [7, 11) is 2.13. The first-order chi connectivity index (χ1) is 21.5. The van der Waals surface area contributed by atoms with Crippen LogP contribution in [0.15, 0.2) is 30.0 Å². The van der Waals surface area contributed by atoms with Crippen molar-refractivity contribution in [2.24, 2.45) is 0 Å². The van der Waals surface area contributed by atoms with E-state index in [9.17, 15) is 10.1 Å². The van der Waals surface area contributed by atoms with Gasteiger partial charge in [-0.3, -0.25) is 9.89 Å². The first-order valence-electron chi connectivity index (χ1n) is 15.9. The van der Waals surface area contributed by atoms with Crippen molar-refractivity contribution < 1.29 is 9.53 Å². The number of nitrogens with one attached hydrogen (secondary N) is 2. The van der Waals surface area contributed by atoms with Crippen molar-refractivity contribution in [3.63, 3.8) is 0 Å². The van der Waals surface area contributed by atoms with Crippen molar-refractivity contribution in [2.75, 3.05) is 75.8 Å². The number of aromatic nitrogens is 3. The van der Waals surface area contributed by atoms with E-state index in [1.54, 1.807) is 0 Å². The maximum absolute atomic E-state index is 13.2. The molecule has 0 bridgehead atoms. The Balaban J connectivity index is 1.21. The fraction of sp³-hybridized carbons (Fsp3) is 0.515. The Morgan fingerprint density at radius 1 is 1.11 bits per heavy atom. The molecule has 7 rings (SSSR count). The van der Waals surface area contributed by atoms with Gasteiger partial charge in [-0.25, -0.2) is 4.98 Å². The highest BCUT2D eigenvalue weighted by molar-refractivity contribution is 5.94. The number of H-pyrrole nitrogens is 1. The van der Waals surface area contributed by atoms with Crippen LogP contribution in [0, 0.1) is 18.3 Å². The summed E-state index contributed by atoms with van der Waals surface area (Å²) in [6, 6.07) is 7.02. The van der Waals surface area contributed by atoms with E-state index in [1.807, 2.05) is 17.2 Å². The smallest absolute Gasteiger partial charge is 0.249 e. The van der Waals surface area contributed by atoms with Crippen molar-refractivity contribution in [3.8, 4) is 11.9 Å². The Labute approximate surface area is 258 Å². The molecule has 4 aliphatic rings. The van der Waals surface area contributed by atoms with Gasteiger partial charge in [0.1, 0.15) is 18.2 Å². The van der Waals surface area contributed by atoms with E-state index in [0.717, 1.165) is 85.3 Å². The predicted octanol–water partition coefficient (Wildman–Crippen LogP) is 2.74. The van der Waals surface area contributed by atoms with E-state index in [4.69, 9.17) is 9.72 Å². The molecule has 44 heavy (non-hydrogen) atoms. The monoisotopic (exact) mass is 595 g/mol. The third-order valence-corrected chi connectivity index (χ3v) is 9.82. The number of nitriles is 1. The second-order valence-electron chi connectivity index (χ2n) is 12.5. The number of anilines is 2. The summed E-state index contributed by atoms with van der Waals surface area (Å²) < 4.78 is 6.43. The Bertz CT molecular complexity index is 1630. The van der Waals surface area contributed by atoms with E-state index in [0.29, 0.717) is 56.8 Å². The molecule has 0 radical (unpaired) electrons. The van der Waals surface area contributed by atoms with Crippen molar-refractivity contribution in [1.82, 2.24) is 30.3 Å². The van der Waals surface area contributed by atoms with Crippen LogP contribution < -0.4 is 19.9 Å². The van der Waals surface area contributed by atoms with E-state index < -0.39 is 0 Å². The molecule has 1 aromatic carbocycles. The molecule has 1 amide bonds. The first kappa shape index (κ1) is 28.6. The summed E-state index contributed by atoms with van der Waals surface area (Å²) in [5.41, 5.74) is 7.84. The number of rotatable bonds is 6. The molecule has 11 nitrogen and oxygen atoms in total.